The van der Waals surface area contributed by atoms with E-state index < -0.39 is 23.5 Å². The fourth-order valence-electron chi connectivity index (χ4n) is 4.16. The van der Waals surface area contributed by atoms with Gasteiger partial charge in [0.15, 0.2) is 5.78 Å². The molecule has 0 spiro atoms. The Labute approximate surface area is 173 Å². The van der Waals surface area contributed by atoms with E-state index in [4.69, 9.17) is 0 Å². The number of carbonyl (C=O) groups excluding carboxylic acids is 2. The number of aryl methyl sites for hydroxylation is 1. The van der Waals surface area contributed by atoms with Crippen molar-refractivity contribution in [2.75, 3.05) is 5.32 Å². The molecule has 0 aromatic heterocycles. The first-order chi connectivity index (χ1) is 14.3. The van der Waals surface area contributed by atoms with Gasteiger partial charge in [0.1, 0.15) is 11.6 Å². The molecule has 0 radical (unpaired) electrons. The summed E-state index contributed by atoms with van der Waals surface area (Å²) in [6.07, 6.45) is 1.94. The number of rotatable bonds is 3. The van der Waals surface area contributed by atoms with Crippen molar-refractivity contribution in [2.24, 2.45) is 0 Å². The van der Waals surface area contributed by atoms with Crippen LogP contribution in [0.5, 0.6) is 0 Å². The maximum absolute atomic E-state index is 14.1. The Kier molecular flexibility index (Phi) is 5.24. The molecule has 0 saturated heterocycles. The van der Waals surface area contributed by atoms with Crippen LogP contribution in [0.15, 0.2) is 65.0 Å². The number of ketones is 1. The Morgan fingerprint density at radius 1 is 1.07 bits per heavy atom. The minimum absolute atomic E-state index is 0.0140. The molecule has 2 N–H and O–H groups in total. The van der Waals surface area contributed by atoms with E-state index in [9.17, 15) is 18.4 Å². The van der Waals surface area contributed by atoms with Gasteiger partial charge in [0.2, 0.25) is 0 Å². The maximum atomic E-state index is 14.1. The summed E-state index contributed by atoms with van der Waals surface area (Å²) in [5, 5.41) is 5.77. The average molecular weight is 408 g/mol. The van der Waals surface area contributed by atoms with E-state index in [-0.39, 0.29) is 11.5 Å². The van der Waals surface area contributed by atoms with Crippen LogP contribution in [0, 0.1) is 18.6 Å². The minimum atomic E-state index is -0.856. The molecule has 2 aromatic carbocycles. The molecule has 1 amide bonds. The molecule has 1 aliphatic heterocycles. The molecule has 2 aromatic rings. The molecule has 1 aliphatic carbocycles. The highest BCUT2D eigenvalue weighted by molar-refractivity contribution is 6.09. The summed E-state index contributed by atoms with van der Waals surface area (Å²) in [5.41, 5.74) is 4.20. The summed E-state index contributed by atoms with van der Waals surface area (Å²) in [4.78, 5) is 26.1. The highest BCUT2D eigenvalue weighted by Crippen LogP contribution is 2.42. The molecule has 1 heterocycles. The van der Waals surface area contributed by atoms with Gasteiger partial charge in [-0.05, 0) is 44.4 Å². The SMILES string of the molecule is CC1=C(C(=O)Nc2ccc(F)cc2F)[C@H](c2ccc(C)cc2)C2=C(CCCC2=O)N1. The highest BCUT2D eigenvalue weighted by Gasteiger charge is 2.38. The van der Waals surface area contributed by atoms with Crippen LogP contribution in [0.25, 0.3) is 0 Å². The molecule has 0 bridgehead atoms. The van der Waals surface area contributed by atoms with Crippen LogP contribution in [0.2, 0.25) is 0 Å². The van der Waals surface area contributed by atoms with Gasteiger partial charge >= 0.3 is 0 Å². The number of carbonyl (C=O) groups is 2. The van der Waals surface area contributed by atoms with E-state index in [0.717, 1.165) is 41.8 Å². The smallest absolute Gasteiger partial charge is 0.254 e. The maximum Gasteiger partial charge on any atom is 0.254 e. The first kappa shape index (κ1) is 20.0. The van der Waals surface area contributed by atoms with E-state index >= 15 is 0 Å². The molecular weight excluding hydrogens is 386 g/mol. The van der Waals surface area contributed by atoms with E-state index in [1.807, 2.05) is 31.2 Å². The Balaban J connectivity index is 1.78. The van der Waals surface area contributed by atoms with Gasteiger partial charge in [0.25, 0.3) is 5.91 Å². The monoisotopic (exact) mass is 408 g/mol. The zero-order valence-corrected chi connectivity index (χ0v) is 16.8. The molecule has 0 fully saturated rings. The van der Waals surface area contributed by atoms with E-state index in [2.05, 4.69) is 10.6 Å². The summed E-state index contributed by atoms with van der Waals surface area (Å²) in [6, 6.07) is 10.7. The van der Waals surface area contributed by atoms with Crippen LogP contribution in [-0.4, -0.2) is 11.7 Å². The first-order valence-corrected chi connectivity index (χ1v) is 9.92. The van der Waals surface area contributed by atoms with Crippen LogP contribution in [0.4, 0.5) is 14.5 Å². The lowest BCUT2D eigenvalue weighted by atomic mass is 9.75. The summed E-state index contributed by atoms with van der Waals surface area (Å²) < 4.78 is 27.4. The van der Waals surface area contributed by atoms with E-state index in [1.54, 1.807) is 6.92 Å². The van der Waals surface area contributed by atoms with Crippen molar-refractivity contribution < 1.29 is 18.4 Å². The summed E-state index contributed by atoms with van der Waals surface area (Å²) in [7, 11) is 0. The van der Waals surface area contributed by atoms with Crippen LogP contribution < -0.4 is 10.6 Å². The van der Waals surface area contributed by atoms with Crippen molar-refractivity contribution in [3.05, 3.63) is 87.8 Å². The van der Waals surface area contributed by atoms with E-state index in [0.29, 0.717) is 23.3 Å². The zero-order chi connectivity index (χ0) is 21.4. The van der Waals surface area contributed by atoms with Gasteiger partial charge in [0, 0.05) is 40.9 Å². The van der Waals surface area contributed by atoms with Crippen molar-refractivity contribution >= 4 is 17.4 Å². The minimum Gasteiger partial charge on any atom is -0.362 e. The largest absolute Gasteiger partial charge is 0.362 e. The topological polar surface area (TPSA) is 58.2 Å². The second kappa shape index (κ2) is 7.86. The zero-order valence-electron chi connectivity index (χ0n) is 16.8. The lowest BCUT2D eigenvalue weighted by Crippen LogP contribution is -2.35. The highest BCUT2D eigenvalue weighted by atomic mass is 19.1. The second-order valence-electron chi connectivity index (χ2n) is 7.75. The summed E-state index contributed by atoms with van der Waals surface area (Å²) >= 11 is 0. The lowest BCUT2D eigenvalue weighted by Gasteiger charge is -2.34. The number of hydrogen-bond donors (Lipinski definition) is 2. The van der Waals surface area contributed by atoms with Crippen molar-refractivity contribution in [1.29, 1.82) is 0 Å². The Bertz CT molecular complexity index is 1100. The Hall–Kier alpha value is -3.28. The van der Waals surface area contributed by atoms with Gasteiger partial charge in [-0.15, -0.1) is 0 Å². The molecule has 154 valence electrons. The number of hydrogen-bond acceptors (Lipinski definition) is 3. The number of allylic oxidation sites excluding steroid dienone is 3. The van der Waals surface area contributed by atoms with Crippen LogP contribution in [0.1, 0.15) is 43.2 Å². The second-order valence-corrected chi connectivity index (χ2v) is 7.75. The van der Waals surface area contributed by atoms with Crippen molar-refractivity contribution in [2.45, 2.75) is 39.0 Å². The first-order valence-electron chi connectivity index (χ1n) is 9.92. The number of dihydropyridines is 1. The summed E-state index contributed by atoms with van der Waals surface area (Å²) in [6.45, 7) is 3.74. The van der Waals surface area contributed by atoms with Gasteiger partial charge in [-0.1, -0.05) is 29.8 Å². The molecule has 6 heteroatoms. The Morgan fingerprint density at radius 2 is 1.80 bits per heavy atom. The average Bonchev–Trinajstić information content (AvgIpc) is 2.70. The number of halogens is 2. The van der Waals surface area contributed by atoms with Gasteiger partial charge in [-0.3, -0.25) is 9.59 Å². The number of anilines is 1. The van der Waals surface area contributed by atoms with Crippen LogP contribution in [-0.2, 0) is 9.59 Å². The van der Waals surface area contributed by atoms with Gasteiger partial charge in [0.05, 0.1) is 5.69 Å². The van der Waals surface area contributed by atoms with Crippen molar-refractivity contribution in [3.8, 4) is 0 Å². The third kappa shape index (κ3) is 3.65. The number of benzene rings is 2. The predicted molar refractivity (Wildman–Crippen MR) is 111 cm³/mol. The standard InChI is InChI=1S/C24H22F2N2O2/c1-13-6-8-15(9-7-13)22-21(14(2)27-19-4-3-5-20(29)23(19)22)24(30)28-18-11-10-16(25)12-17(18)26/h6-12,22,27H,3-5H2,1-2H3,(H,28,30)/t22-/m0/s1. The quantitative estimate of drug-likeness (QED) is 0.761. The molecule has 0 unspecified atom stereocenters. The van der Waals surface area contributed by atoms with Gasteiger partial charge in [-0.25, -0.2) is 8.78 Å². The predicted octanol–water partition coefficient (Wildman–Crippen LogP) is 4.88. The Morgan fingerprint density at radius 3 is 2.50 bits per heavy atom. The van der Waals surface area contributed by atoms with E-state index in [1.165, 1.54) is 6.07 Å². The fourth-order valence-corrected chi connectivity index (χ4v) is 4.16. The molecule has 0 saturated carbocycles. The number of Topliss-reactive ketones (excluding diaryl/α,β-unsaturated/α-hetero) is 1. The van der Waals surface area contributed by atoms with Crippen molar-refractivity contribution in [3.63, 3.8) is 0 Å². The summed E-state index contributed by atoms with van der Waals surface area (Å²) in [5.74, 6) is -2.63. The molecule has 2 aliphatic rings. The number of amides is 1. The molecule has 1 atom stereocenters. The third-order valence-electron chi connectivity index (χ3n) is 5.61. The molecule has 4 rings (SSSR count). The van der Waals surface area contributed by atoms with Crippen molar-refractivity contribution in [1.82, 2.24) is 5.32 Å². The van der Waals surface area contributed by atoms with Gasteiger partial charge in [-0.2, -0.15) is 0 Å². The fraction of sp³-hybridized carbons (Fsp3) is 0.250. The molecular formula is C24H22F2N2O2. The van der Waals surface area contributed by atoms with Crippen LogP contribution >= 0.6 is 0 Å². The molecule has 30 heavy (non-hydrogen) atoms. The third-order valence-corrected chi connectivity index (χ3v) is 5.61. The van der Waals surface area contributed by atoms with Crippen LogP contribution in [0.3, 0.4) is 0 Å². The number of nitrogens with one attached hydrogen (secondary N) is 2. The lowest BCUT2D eigenvalue weighted by molar-refractivity contribution is -0.116. The normalized spacial score (nSPS) is 18.8. The van der Waals surface area contributed by atoms with Gasteiger partial charge < -0.3 is 10.6 Å². The molecule has 4 nitrogen and oxygen atoms in total.